The smallest absolute Gasteiger partial charge is 0.345 e. The molecular weight excluding hydrogens is 394 g/mol. The molecule has 6 heteroatoms. The second kappa shape index (κ2) is 5.47. The normalized spacial score (nSPS) is 28.9. The van der Waals surface area contributed by atoms with E-state index in [0.717, 1.165) is 19.5 Å². The van der Waals surface area contributed by atoms with E-state index in [1.807, 2.05) is 0 Å². The maximum atomic E-state index is 11.6. The number of ether oxygens (including phenoxy) is 1. The average Bonchev–Trinajstić information content (AvgIpc) is 2.08. The summed E-state index contributed by atoms with van der Waals surface area (Å²) in [5, 5.41) is 0. The van der Waals surface area contributed by atoms with Gasteiger partial charge in [-0.05, 0) is 61.3 Å². The molecule has 0 bridgehead atoms. The van der Waals surface area contributed by atoms with Crippen LogP contribution in [0.5, 0.6) is 0 Å². The van der Waals surface area contributed by atoms with Crippen LogP contribution in [0.3, 0.4) is 0 Å². The van der Waals surface area contributed by atoms with E-state index in [0.29, 0.717) is 5.92 Å². The Bertz CT molecular complexity index is 242. The van der Waals surface area contributed by atoms with Crippen LogP contribution < -0.4 is 0 Å². The molecule has 0 saturated carbocycles. The molecule has 88 valence electrons. The summed E-state index contributed by atoms with van der Waals surface area (Å²) < 4.78 is 4.46. The van der Waals surface area contributed by atoms with Crippen molar-refractivity contribution in [2.75, 3.05) is 20.1 Å². The van der Waals surface area contributed by atoms with Gasteiger partial charge >= 0.3 is 5.97 Å². The first-order valence-electron chi connectivity index (χ1n) is 4.77. The molecule has 1 saturated heterocycles. The van der Waals surface area contributed by atoms with Crippen LogP contribution in [0, 0.1) is 5.92 Å². The van der Waals surface area contributed by atoms with E-state index >= 15 is 0 Å². The lowest BCUT2D eigenvalue weighted by molar-refractivity contribution is -0.151. The number of hydrogen-bond acceptors (Lipinski definition) is 3. The molecule has 1 aliphatic heterocycles. The molecule has 1 fully saturated rings. The fourth-order valence-electron chi connectivity index (χ4n) is 1.71. The Morgan fingerprint density at radius 1 is 1.47 bits per heavy atom. The first-order chi connectivity index (χ1) is 6.80. The van der Waals surface area contributed by atoms with Crippen molar-refractivity contribution in [1.29, 1.82) is 0 Å². The van der Waals surface area contributed by atoms with E-state index < -0.39 is 2.14 Å². The van der Waals surface area contributed by atoms with E-state index in [1.165, 1.54) is 0 Å². The van der Waals surface area contributed by atoms with Gasteiger partial charge in [-0.2, -0.15) is 0 Å². The number of carbonyl (C=O) groups excluding carboxylic acids is 1. The second-order valence-corrected chi connectivity index (χ2v) is 10.7. The van der Waals surface area contributed by atoms with E-state index in [4.69, 9.17) is 4.74 Å². The number of esters is 1. The summed E-state index contributed by atoms with van der Waals surface area (Å²) in [5.74, 6) is 0.0476. The van der Waals surface area contributed by atoms with Crippen molar-refractivity contribution in [3.05, 3.63) is 0 Å². The first-order valence-corrected chi connectivity index (χ1v) is 7.15. The maximum Gasteiger partial charge on any atom is 0.345 e. The van der Waals surface area contributed by atoms with Gasteiger partial charge in [0, 0.05) is 19.0 Å². The first kappa shape index (κ1) is 13.9. The zero-order valence-corrected chi connectivity index (χ0v) is 13.4. The predicted octanol–water partition coefficient (Wildman–Crippen LogP) is 2.71. The van der Waals surface area contributed by atoms with Gasteiger partial charge in [-0.3, -0.25) is 0 Å². The molecule has 1 rings (SSSR count). The summed E-state index contributed by atoms with van der Waals surface area (Å²) in [5.41, 5.74) is 0. The number of piperidine rings is 1. The van der Waals surface area contributed by atoms with Gasteiger partial charge in [-0.15, -0.1) is 0 Å². The van der Waals surface area contributed by atoms with Crippen molar-refractivity contribution in [1.82, 2.24) is 4.90 Å². The number of halogens is 3. The van der Waals surface area contributed by atoms with Crippen molar-refractivity contribution in [2.45, 2.75) is 21.6 Å². The van der Waals surface area contributed by atoms with Crippen LogP contribution in [0.25, 0.3) is 0 Å². The highest BCUT2D eigenvalue weighted by molar-refractivity contribution is 9.40. The highest BCUT2D eigenvalue weighted by Crippen LogP contribution is 2.36. The summed E-state index contributed by atoms with van der Waals surface area (Å²) in [7, 11) is 2.08. The molecule has 1 heterocycles. The molecule has 3 nitrogen and oxygen atoms in total. The van der Waals surface area contributed by atoms with Gasteiger partial charge in [-0.25, -0.2) is 4.79 Å². The van der Waals surface area contributed by atoms with Gasteiger partial charge in [0.25, 0.3) is 0 Å². The SMILES string of the molecule is CC1CN(C)CCC1OC(=O)C(Br)(Br)Br. The third-order valence-electron chi connectivity index (χ3n) is 2.52. The number of likely N-dealkylation sites (tertiary alicyclic amines) is 1. The van der Waals surface area contributed by atoms with Crippen molar-refractivity contribution < 1.29 is 9.53 Å². The minimum absolute atomic E-state index is 0.0146. The molecule has 2 unspecified atom stereocenters. The summed E-state index contributed by atoms with van der Waals surface area (Å²) in [6.07, 6.45) is 0.910. The van der Waals surface area contributed by atoms with Crippen LogP contribution in [0.4, 0.5) is 0 Å². The van der Waals surface area contributed by atoms with Gasteiger partial charge < -0.3 is 9.64 Å². The standard InChI is InChI=1S/C9H14Br3NO2/c1-6-5-13(2)4-3-7(6)15-8(14)9(10,11)12/h6-7H,3-5H2,1-2H3. The topological polar surface area (TPSA) is 29.5 Å². The van der Waals surface area contributed by atoms with E-state index in [9.17, 15) is 4.79 Å². The van der Waals surface area contributed by atoms with Crippen LogP contribution in [0.15, 0.2) is 0 Å². The van der Waals surface area contributed by atoms with Crippen LogP contribution in [0.1, 0.15) is 13.3 Å². The van der Waals surface area contributed by atoms with Gasteiger partial charge in [0.1, 0.15) is 6.10 Å². The Morgan fingerprint density at radius 2 is 2.07 bits per heavy atom. The lowest BCUT2D eigenvalue weighted by Crippen LogP contribution is -2.43. The molecule has 0 aromatic rings. The van der Waals surface area contributed by atoms with Crippen molar-refractivity contribution in [2.24, 2.45) is 5.92 Å². The number of hydrogen-bond donors (Lipinski definition) is 0. The van der Waals surface area contributed by atoms with Crippen molar-refractivity contribution in [3.63, 3.8) is 0 Å². The molecule has 0 aliphatic carbocycles. The highest BCUT2D eigenvalue weighted by Gasteiger charge is 2.35. The van der Waals surface area contributed by atoms with Gasteiger partial charge in [0.05, 0.1) is 0 Å². The number of nitrogens with zero attached hydrogens (tertiary/aromatic N) is 1. The Kier molecular flexibility index (Phi) is 5.08. The zero-order chi connectivity index (χ0) is 11.6. The average molecular weight is 408 g/mol. The summed E-state index contributed by atoms with van der Waals surface area (Å²) in [4.78, 5) is 13.8. The van der Waals surface area contributed by atoms with Crippen LogP contribution in [-0.4, -0.2) is 39.3 Å². The number of rotatable bonds is 1. The van der Waals surface area contributed by atoms with Crippen molar-refractivity contribution >= 4 is 53.8 Å². The summed E-state index contributed by atoms with van der Waals surface area (Å²) in [6, 6.07) is 0. The Morgan fingerprint density at radius 3 is 2.53 bits per heavy atom. The van der Waals surface area contributed by atoms with Crippen LogP contribution >= 0.6 is 47.8 Å². The minimum atomic E-state index is -0.948. The third kappa shape index (κ3) is 4.32. The Labute approximate surface area is 115 Å². The fraction of sp³-hybridized carbons (Fsp3) is 0.889. The van der Waals surface area contributed by atoms with E-state index in [-0.39, 0.29) is 12.1 Å². The molecule has 0 N–H and O–H groups in total. The Hall–Kier alpha value is 0.870. The van der Waals surface area contributed by atoms with Crippen LogP contribution in [-0.2, 0) is 9.53 Å². The lowest BCUT2D eigenvalue weighted by Gasteiger charge is -2.34. The molecule has 0 aromatic carbocycles. The largest absolute Gasteiger partial charge is 0.460 e. The molecule has 0 spiro atoms. The quantitative estimate of drug-likeness (QED) is 0.494. The van der Waals surface area contributed by atoms with Gasteiger partial charge in [0.15, 0.2) is 0 Å². The lowest BCUT2D eigenvalue weighted by atomic mass is 9.97. The predicted molar refractivity (Wildman–Crippen MR) is 70.7 cm³/mol. The van der Waals surface area contributed by atoms with Crippen molar-refractivity contribution in [3.8, 4) is 0 Å². The van der Waals surface area contributed by atoms with Gasteiger partial charge in [-0.1, -0.05) is 6.92 Å². The minimum Gasteiger partial charge on any atom is -0.460 e. The third-order valence-corrected chi connectivity index (χ3v) is 3.49. The maximum absolute atomic E-state index is 11.6. The molecule has 0 radical (unpaired) electrons. The second-order valence-electron chi connectivity index (χ2n) is 3.97. The monoisotopic (exact) mass is 405 g/mol. The fourth-order valence-corrected chi connectivity index (χ4v) is 1.99. The highest BCUT2D eigenvalue weighted by atomic mass is 80.0. The van der Waals surface area contributed by atoms with Crippen LogP contribution in [0.2, 0.25) is 0 Å². The summed E-state index contributed by atoms with van der Waals surface area (Å²) in [6.45, 7) is 4.05. The van der Waals surface area contributed by atoms with E-state index in [1.54, 1.807) is 0 Å². The van der Waals surface area contributed by atoms with Gasteiger partial charge in [0.2, 0.25) is 2.14 Å². The molecular formula is C9H14Br3NO2. The molecule has 0 aromatic heterocycles. The molecule has 0 amide bonds. The molecule has 2 atom stereocenters. The van der Waals surface area contributed by atoms with E-state index in [2.05, 4.69) is 66.7 Å². The Balaban J connectivity index is 2.49. The zero-order valence-electron chi connectivity index (χ0n) is 8.67. The molecule has 1 aliphatic rings. The number of carbonyl (C=O) groups is 1. The molecule has 15 heavy (non-hydrogen) atoms. The number of alkyl halides is 3. The summed E-state index contributed by atoms with van der Waals surface area (Å²) >= 11 is 9.45.